The molecule has 3 nitrogen and oxygen atoms in total. The van der Waals surface area contributed by atoms with Crippen LogP contribution >= 0.6 is 0 Å². The van der Waals surface area contributed by atoms with E-state index in [0.717, 1.165) is 25.5 Å². The van der Waals surface area contributed by atoms with Crippen LogP contribution < -0.4 is 0 Å². The van der Waals surface area contributed by atoms with Crippen molar-refractivity contribution in [2.24, 2.45) is 11.8 Å². The van der Waals surface area contributed by atoms with Gasteiger partial charge in [-0.1, -0.05) is 6.42 Å². The number of hydrogen-bond donors (Lipinski definition) is 0. The van der Waals surface area contributed by atoms with Gasteiger partial charge in [-0.25, -0.2) is 0 Å². The molecule has 1 rings (SSSR count). The third-order valence-corrected chi connectivity index (χ3v) is 2.45. The Labute approximate surface area is 84.8 Å². The number of carbonyl (C=O) groups excluding carboxylic acids is 2. The summed E-state index contributed by atoms with van der Waals surface area (Å²) in [5.41, 5.74) is -0.451. The average Bonchev–Trinajstić information content (AvgIpc) is 2.47. The van der Waals surface area contributed by atoms with Crippen LogP contribution in [0.1, 0.15) is 40.0 Å². The van der Waals surface area contributed by atoms with E-state index < -0.39 is 5.60 Å². The Bertz CT molecular complexity index is 227. The molecule has 0 N–H and O–H groups in total. The number of aldehydes is 1. The fraction of sp³-hybridized carbons (Fsp3) is 0.818. The molecule has 80 valence electrons. The summed E-state index contributed by atoms with van der Waals surface area (Å²) in [5, 5.41) is 0. The second-order valence-corrected chi connectivity index (χ2v) is 4.87. The molecule has 1 aliphatic rings. The third kappa shape index (κ3) is 2.82. The van der Waals surface area contributed by atoms with Crippen LogP contribution in [0, 0.1) is 11.8 Å². The van der Waals surface area contributed by atoms with Crippen LogP contribution in [0.3, 0.4) is 0 Å². The molecule has 1 unspecified atom stereocenters. The molecule has 3 heteroatoms. The molecule has 14 heavy (non-hydrogen) atoms. The van der Waals surface area contributed by atoms with E-state index in [1.165, 1.54) is 0 Å². The number of esters is 1. The minimum atomic E-state index is -0.451. The van der Waals surface area contributed by atoms with Gasteiger partial charge in [-0.2, -0.15) is 0 Å². The molecule has 0 aromatic carbocycles. The zero-order valence-corrected chi connectivity index (χ0v) is 9.08. The van der Waals surface area contributed by atoms with Gasteiger partial charge in [0, 0.05) is 5.92 Å². The summed E-state index contributed by atoms with van der Waals surface area (Å²) in [6.45, 7) is 5.53. The predicted molar refractivity (Wildman–Crippen MR) is 52.7 cm³/mol. The van der Waals surface area contributed by atoms with Crippen LogP contribution in [0.5, 0.6) is 0 Å². The summed E-state index contributed by atoms with van der Waals surface area (Å²) < 4.78 is 5.26. The van der Waals surface area contributed by atoms with Crippen molar-refractivity contribution in [2.45, 2.75) is 45.6 Å². The van der Waals surface area contributed by atoms with E-state index in [1.807, 2.05) is 20.8 Å². The molecule has 0 heterocycles. The topological polar surface area (TPSA) is 43.4 Å². The van der Waals surface area contributed by atoms with Gasteiger partial charge in [-0.3, -0.25) is 4.79 Å². The molecule has 0 spiro atoms. The normalized spacial score (nSPS) is 27.4. The summed E-state index contributed by atoms with van der Waals surface area (Å²) >= 11 is 0. The van der Waals surface area contributed by atoms with Crippen molar-refractivity contribution in [1.82, 2.24) is 0 Å². The predicted octanol–water partition coefficient (Wildman–Crippen LogP) is 1.94. The first-order chi connectivity index (χ1) is 6.44. The molecule has 0 saturated heterocycles. The van der Waals surface area contributed by atoms with Gasteiger partial charge >= 0.3 is 5.97 Å². The maximum atomic E-state index is 11.6. The Balaban J connectivity index is 2.56. The fourth-order valence-electron chi connectivity index (χ4n) is 1.82. The summed E-state index contributed by atoms with van der Waals surface area (Å²) in [5.74, 6) is -0.538. The van der Waals surface area contributed by atoms with Gasteiger partial charge < -0.3 is 9.53 Å². The van der Waals surface area contributed by atoms with Gasteiger partial charge in [0.25, 0.3) is 0 Å². The number of carbonyl (C=O) groups is 2. The molecular weight excluding hydrogens is 180 g/mol. The van der Waals surface area contributed by atoms with Crippen LogP contribution in [-0.2, 0) is 14.3 Å². The van der Waals surface area contributed by atoms with Crippen LogP contribution in [0.15, 0.2) is 0 Å². The summed E-state index contributed by atoms with van der Waals surface area (Å²) in [7, 11) is 0. The number of rotatable bonds is 2. The van der Waals surface area contributed by atoms with Gasteiger partial charge in [-0.05, 0) is 33.6 Å². The van der Waals surface area contributed by atoms with Crippen molar-refractivity contribution < 1.29 is 14.3 Å². The van der Waals surface area contributed by atoms with Crippen LogP contribution in [0.25, 0.3) is 0 Å². The van der Waals surface area contributed by atoms with Crippen molar-refractivity contribution in [2.75, 3.05) is 0 Å². The van der Waals surface area contributed by atoms with E-state index in [1.54, 1.807) is 0 Å². The summed E-state index contributed by atoms with van der Waals surface area (Å²) in [6, 6.07) is 0. The molecule has 0 radical (unpaired) electrons. The van der Waals surface area contributed by atoms with Crippen LogP contribution in [0.2, 0.25) is 0 Å². The van der Waals surface area contributed by atoms with E-state index in [2.05, 4.69) is 0 Å². The largest absolute Gasteiger partial charge is 0.460 e. The Morgan fingerprint density at radius 3 is 2.50 bits per heavy atom. The minimum Gasteiger partial charge on any atom is -0.460 e. The molecule has 0 aromatic heterocycles. The highest BCUT2D eigenvalue weighted by molar-refractivity contribution is 5.77. The van der Waals surface area contributed by atoms with E-state index in [9.17, 15) is 9.59 Å². The first-order valence-corrected chi connectivity index (χ1v) is 5.12. The average molecular weight is 198 g/mol. The quantitative estimate of drug-likeness (QED) is 0.503. The van der Waals surface area contributed by atoms with Gasteiger partial charge in [0.2, 0.25) is 0 Å². The second-order valence-electron chi connectivity index (χ2n) is 4.87. The third-order valence-electron chi connectivity index (χ3n) is 2.45. The lowest BCUT2D eigenvalue weighted by molar-refractivity contribution is -0.161. The highest BCUT2D eigenvalue weighted by Gasteiger charge is 2.35. The smallest absolute Gasteiger partial charge is 0.310 e. The summed E-state index contributed by atoms with van der Waals surface area (Å²) in [6.07, 6.45) is 3.46. The maximum absolute atomic E-state index is 11.6. The molecule has 1 saturated carbocycles. The molecule has 0 aromatic rings. The van der Waals surface area contributed by atoms with Crippen molar-refractivity contribution >= 4 is 12.3 Å². The lowest BCUT2D eigenvalue weighted by Gasteiger charge is -2.23. The van der Waals surface area contributed by atoms with Crippen molar-refractivity contribution in [1.29, 1.82) is 0 Å². The van der Waals surface area contributed by atoms with Crippen molar-refractivity contribution in [3.8, 4) is 0 Å². The Morgan fingerprint density at radius 1 is 1.36 bits per heavy atom. The Morgan fingerprint density at radius 2 is 2.00 bits per heavy atom. The molecular formula is C11H18O3. The molecule has 0 aliphatic heterocycles. The van der Waals surface area contributed by atoms with E-state index >= 15 is 0 Å². The Kier molecular flexibility index (Phi) is 3.29. The SMILES string of the molecule is CC(C)(C)OC(=O)C1CCC[C@@H]1C=O. The van der Waals surface area contributed by atoms with E-state index in [-0.39, 0.29) is 17.8 Å². The molecule has 2 atom stereocenters. The molecule has 0 amide bonds. The Hall–Kier alpha value is -0.860. The highest BCUT2D eigenvalue weighted by Crippen LogP contribution is 2.32. The first kappa shape index (κ1) is 11.2. The number of hydrogen-bond acceptors (Lipinski definition) is 3. The zero-order valence-electron chi connectivity index (χ0n) is 9.08. The fourth-order valence-corrected chi connectivity index (χ4v) is 1.82. The minimum absolute atomic E-state index is 0.121. The van der Waals surface area contributed by atoms with Gasteiger partial charge in [0.05, 0.1) is 5.92 Å². The van der Waals surface area contributed by atoms with E-state index in [0.29, 0.717) is 0 Å². The monoisotopic (exact) mass is 198 g/mol. The van der Waals surface area contributed by atoms with Crippen molar-refractivity contribution in [3.63, 3.8) is 0 Å². The zero-order chi connectivity index (χ0) is 10.8. The lowest BCUT2D eigenvalue weighted by Crippen LogP contribution is -2.30. The summed E-state index contributed by atoms with van der Waals surface area (Å²) in [4.78, 5) is 22.3. The van der Waals surface area contributed by atoms with Gasteiger partial charge in [0.15, 0.2) is 0 Å². The van der Waals surface area contributed by atoms with Gasteiger partial charge in [0.1, 0.15) is 11.9 Å². The first-order valence-electron chi connectivity index (χ1n) is 5.12. The highest BCUT2D eigenvalue weighted by atomic mass is 16.6. The van der Waals surface area contributed by atoms with Crippen LogP contribution in [-0.4, -0.2) is 17.9 Å². The van der Waals surface area contributed by atoms with E-state index in [4.69, 9.17) is 4.74 Å². The molecule has 1 fully saturated rings. The molecule has 1 aliphatic carbocycles. The maximum Gasteiger partial charge on any atom is 0.310 e. The molecule has 0 bridgehead atoms. The van der Waals surface area contributed by atoms with Gasteiger partial charge in [-0.15, -0.1) is 0 Å². The lowest BCUT2D eigenvalue weighted by atomic mass is 9.97. The standard InChI is InChI=1S/C11H18O3/c1-11(2,3)14-10(13)9-6-4-5-8(9)7-12/h7-9H,4-6H2,1-3H3/t8-,9?/m1/s1. The second kappa shape index (κ2) is 4.11. The van der Waals surface area contributed by atoms with Crippen molar-refractivity contribution in [3.05, 3.63) is 0 Å². The van der Waals surface area contributed by atoms with Crippen LogP contribution in [0.4, 0.5) is 0 Å². The number of ether oxygens (including phenoxy) is 1.